The maximum Gasteiger partial charge on any atom is 0.211 e. The van der Waals surface area contributed by atoms with E-state index in [4.69, 9.17) is 0 Å². The molecule has 3 heterocycles. The number of benzene rings is 4. The summed E-state index contributed by atoms with van der Waals surface area (Å²) in [7, 11) is -3.90. The van der Waals surface area contributed by atoms with Crippen molar-refractivity contribution in [2.24, 2.45) is 0 Å². The van der Waals surface area contributed by atoms with Crippen LogP contribution in [0.15, 0.2) is 113 Å². The van der Waals surface area contributed by atoms with Gasteiger partial charge in [-0.2, -0.15) is 0 Å². The SMILES string of the molecule is CC(C)N1c2ccccc2C2(c3ccccc3-c3ccccc32)c2cc(/C=C3/C(=O)c4ccccc4S3(=O)=O)sc21. The molecule has 0 N–H and O–H groups in total. The average Bonchev–Trinajstić information content (AvgIpc) is 3.59. The number of fused-ring (bicyclic) bond motifs is 10. The van der Waals surface area contributed by atoms with Gasteiger partial charge in [0, 0.05) is 27.7 Å². The van der Waals surface area contributed by atoms with Crippen LogP contribution >= 0.6 is 11.3 Å². The number of rotatable bonds is 2. The normalized spacial score (nSPS) is 17.9. The summed E-state index contributed by atoms with van der Waals surface area (Å²) < 4.78 is 27.0. The summed E-state index contributed by atoms with van der Waals surface area (Å²) in [5.41, 5.74) is 7.96. The van der Waals surface area contributed by atoms with Crippen LogP contribution < -0.4 is 4.90 Å². The molecule has 0 saturated carbocycles. The number of nitrogens with zero attached hydrogens (tertiary/aromatic N) is 1. The minimum Gasteiger partial charge on any atom is -0.330 e. The van der Waals surface area contributed by atoms with Crippen molar-refractivity contribution < 1.29 is 13.2 Å². The number of sulfone groups is 1. The third kappa shape index (κ3) is 3.04. The monoisotopic (exact) mass is 571 g/mol. The van der Waals surface area contributed by atoms with E-state index in [9.17, 15) is 13.2 Å². The smallest absolute Gasteiger partial charge is 0.211 e. The Balaban J connectivity index is 1.45. The van der Waals surface area contributed by atoms with Crippen molar-refractivity contribution in [1.29, 1.82) is 0 Å². The zero-order chi connectivity index (χ0) is 28.1. The lowest BCUT2D eigenvalue weighted by Gasteiger charge is -2.44. The number of carbonyl (C=O) groups is 1. The standard InChI is InChI=1S/C35H25NO3S2/c1-21(2)36-30-17-9-8-16-28(30)35(26-14-6-3-11-23(26)24-12-4-7-15-27(24)35)29-19-22(40-34(29)36)20-32-33(37)25-13-5-10-18-31(25)41(32,38)39/h3-21H,1-2H3/b32-20-. The number of allylic oxidation sites excluding steroid dienone is 1. The average molecular weight is 572 g/mol. The number of hydrogen-bond acceptors (Lipinski definition) is 5. The Kier molecular flexibility index (Phi) is 5.01. The summed E-state index contributed by atoms with van der Waals surface area (Å²) in [4.78, 5) is 16.4. The predicted octanol–water partition coefficient (Wildman–Crippen LogP) is 7.98. The largest absolute Gasteiger partial charge is 0.330 e. The summed E-state index contributed by atoms with van der Waals surface area (Å²) in [5, 5.41) is 1.07. The zero-order valence-electron chi connectivity index (χ0n) is 22.5. The summed E-state index contributed by atoms with van der Waals surface area (Å²) in [6.07, 6.45) is 1.59. The third-order valence-corrected chi connectivity index (χ3v) is 11.5. The van der Waals surface area contributed by atoms with Crippen LogP contribution in [0.2, 0.25) is 0 Å². The number of anilines is 2. The summed E-state index contributed by atoms with van der Waals surface area (Å²) >= 11 is 1.55. The molecule has 41 heavy (non-hydrogen) atoms. The van der Waals surface area contributed by atoms with E-state index in [1.54, 1.807) is 35.6 Å². The van der Waals surface area contributed by atoms with Crippen LogP contribution in [0, 0.1) is 0 Å². The molecule has 4 aromatic carbocycles. The van der Waals surface area contributed by atoms with Gasteiger partial charge in [-0.25, -0.2) is 8.42 Å². The maximum atomic E-state index is 13.5. The summed E-state index contributed by atoms with van der Waals surface area (Å²) in [6, 6.07) is 34.5. The van der Waals surface area contributed by atoms with E-state index in [-0.39, 0.29) is 21.4 Å². The highest BCUT2D eigenvalue weighted by Crippen LogP contribution is 2.64. The first-order valence-electron chi connectivity index (χ1n) is 13.7. The van der Waals surface area contributed by atoms with Crippen LogP contribution in [0.1, 0.15) is 51.3 Å². The van der Waals surface area contributed by atoms with Gasteiger partial charge in [-0.05, 0) is 72.0 Å². The van der Waals surface area contributed by atoms with Crippen molar-refractivity contribution in [1.82, 2.24) is 0 Å². The molecule has 0 radical (unpaired) electrons. The second-order valence-corrected chi connectivity index (χ2v) is 14.0. The van der Waals surface area contributed by atoms with Crippen LogP contribution in [0.5, 0.6) is 0 Å². The van der Waals surface area contributed by atoms with Crippen molar-refractivity contribution in [3.05, 3.63) is 141 Å². The Bertz CT molecular complexity index is 2040. The van der Waals surface area contributed by atoms with Gasteiger partial charge in [0.05, 0.1) is 10.3 Å². The molecule has 1 aromatic heterocycles. The molecule has 0 atom stereocenters. The van der Waals surface area contributed by atoms with Crippen molar-refractivity contribution in [2.45, 2.75) is 30.2 Å². The molecule has 200 valence electrons. The first-order chi connectivity index (χ1) is 19.8. The van der Waals surface area contributed by atoms with Gasteiger partial charge in [0.1, 0.15) is 9.91 Å². The lowest BCUT2D eigenvalue weighted by molar-refractivity contribution is 0.104. The van der Waals surface area contributed by atoms with Crippen molar-refractivity contribution in [3.63, 3.8) is 0 Å². The number of ketones is 1. The molecular formula is C35H25NO3S2. The molecule has 6 heteroatoms. The van der Waals surface area contributed by atoms with Crippen molar-refractivity contribution in [2.75, 3.05) is 4.90 Å². The molecule has 4 nitrogen and oxygen atoms in total. The number of hydrogen-bond donors (Lipinski definition) is 0. The number of carbonyl (C=O) groups excluding carboxylic acids is 1. The Morgan fingerprint density at radius 3 is 1.93 bits per heavy atom. The lowest BCUT2D eigenvalue weighted by Crippen LogP contribution is -2.39. The predicted molar refractivity (Wildman–Crippen MR) is 165 cm³/mol. The molecule has 1 spiro atoms. The highest BCUT2D eigenvalue weighted by molar-refractivity contribution is 7.97. The number of Topliss-reactive ketones (excluding diaryl/α,β-unsaturated/α-hetero) is 1. The molecule has 8 rings (SSSR count). The van der Waals surface area contributed by atoms with Gasteiger partial charge in [-0.3, -0.25) is 4.79 Å². The van der Waals surface area contributed by atoms with Gasteiger partial charge in [0.25, 0.3) is 0 Å². The van der Waals surface area contributed by atoms with Crippen LogP contribution in [0.4, 0.5) is 10.7 Å². The molecule has 1 aliphatic carbocycles. The quantitative estimate of drug-likeness (QED) is 0.198. The fourth-order valence-electron chi connectivity index (χ4n) is 7.04. The molecule has 5 aromatic rings. The van der Waals surface area contributed by atoms with Crippen molar-refractivity contribution >= 4 is 43.7 Å². The van der Waals surface area contributed by atoms with Crippen LogP contribution in [-0.2, 0) is 15.3 Å². The topological polar surface area (TPSA) is 54.5 Å². The number of thiophene rings is 1. The Labute approximate surface area is 243 Å². The highest BCUT2D eigenvalue weighted by Gasteiger charge is 2.52. The molecule has 0 saturated heterocycles. The van der Waals surface area contributed by atoms with Crippen LogP contribution in [0.3, 0.4) is 0 Å². The van der Waals surface area contributed by atoms with E-state index < -0.39 is 21.0 Å². The maximum absolute atomic E-state index is 13.5. The van der Waals surface area contributed by atoms with Crippen LogP contribution in [0.25, 0.3) is 17.2 Å². The van der Waals surface area contributed by atoms with Gasteiger partial charge >= 0.3 is 0 Å². The van der Waals surface area contributed by atoms with Gasteiger partial charge in [-0.1, -0.05) is 78.9 Å². The van der Waals surface area contributed by atoms with E-state index >= 15 is 0 Å². The summed E-state index contributed by atoms with van der Waals surface area (Å²) in [5.74, 6) is -0.442. The van der Waals surface area contributed by atoms with E-state index in [1.165, 1.54) is 33.9 Å². The Morgan fingerprint density at radius 2 is 1.29 bits per heavy atom. The van der Waals surface area contributed by atoms with E-state index in [1.807, 2.05) is 0 Å². The van der Waals surface area contributed by atoms with E-state index in [2.05, 4.69) is 97.6 Å². The molecule has 0 bridgehead atoms. The molecule has 0 amide bonds. The van der Waals surface area contributed by atoms with Crippen LogP contribution in [-0.4, -0.2) is 20.2 Å². The Morgan fingerprint density at radius 1 is 0.732 bits per heavy atom. The fraction of sp³-hybridized carbons (Fsp3) is 0.114. The lowest BCUT2D eigenvalue weighted by atomic mass is 9.66. The molecule has 3 aliphatic rings. The minimum atomic E-state index is -3.90. The molecule has 2 aliphatic heterocycles. The van der Waals surface area contributed by atoms with E-state index in [0.29, 0.717) is 0 Å². The highest BCUT2D eigenvalue weighted by atomic mass is 32.2. The van der Waals surface area contributed by atoms with Crippen molar-refractivity contribution in [3.8, 4) is 11.1 Å². The van der Waals surface area contributed by atoms with E-state index in [0.717, 1.165) is 21.1 Å². The minimum absolute atomic E-state index is 0.0869. The fourth-order valence-corrected chi connectivity index (χ4v) is 10.00. The second kappa shape index (κ2) is 8.38. The first kappa shape index (κ1) is 24.5. The second-order valence-electron chi connectivity index (χ2n) is 11.0. The number of para-hydroxylation sites is 1. The molecule has 0 unspecified atom stereocenters. The first-order valence-corrected chi connectivity index (χ1v) is 16.0. The summed E-state index contributed by atoms with van der Waals surface area (Å²) in [6.45, 7) is 4.35. The zero-order valence-corrected chi connectivity index (χ0v) is 24.1. The van der Waals surface area contributed by atoms with Gasteiger partial charge in [0.2, 0.25) is 15.6 Å². The molecule has 0 fully saturated rings. The van der Waals surface area contributed by atoms with Gasteiger partial charge < -0.3 is 4.90 Å². The Hall–Kier alpha value is -4.26. The molecular weight excluding hydrogens is 547 g/mol. The third-order valence-electron chi connectivity index (χ3n) is 8.60. The van der Waals surface area contributed by atoms with Gasteiger partial charge in [-0.15, -0.1) is 11.3 Å². The van der Waals surface area contributed by atoms with Gasteiger partial charge in [0.15, 0.2) is 0 Å².